The third-order valence-electron chi connectivity index (χ3n) is 4.29. The molecule has 21 heavy (non-hydrogen) atoms. The molecule has 1 aliphatic rings. The average molecular weight is 288 g/mol. The predicted octanol–water partition coefficient (Wildman–Crippen LogP) is 3.26. The normalized spacial score (nSPS) is 17.0. The molecule has 1 aliphatic heterocycles. The first-order valence-corrected chi connectivity index (χ1v) is 7.99. The Bertz CT molecular complexity index is 467. The van der Waals surface area contributed by atoms with E-state index in [1.54, 1.807) is 0 Å². The molecule has 3 heteroatoms. The molecule has 1 amide bonds. The highest BCUT2D eigenvalue weighted by Crippen LogP contribution is 2.23. The quantitative estimate of drug-likeness (QED) is 0.922. The summed E-state index contributed by atoms with van der Waals surface area (Å²) in [5, 5.41) is 3.34. The zero-order valence-corrected chi connectivity index (χ0v) is 13.8. The summed E-state index contributed by atoms with van der Waals surface area (Å²) < 4.78 is 0. The molecular weight excluding hydrogens is 260 g/mol. The van der Waals surface area contributed by atoms with E-state index < -0.39 is 0 Å². The van der Waals surface area contributed by atoms with Gasteiger partial charge in [-0.15, -0.1) is 0 Å². The van der Waals surface area contributed by atoms with Crippen molar-refractivity contribution in [3.8, 4) is 0 Å². The summed E-state index contributed by atoms with van der Waals surface area (Å²) in [5.41, 5.74) is 2.75. The number of hydrogen-bond donors (Lipinski definition) is 1. The summed E-state index contributed by atoms with van der Waals surface area (Å²) in [7, 11) is 0. The van der Waals surface area contributed by atoms with Gasteiger partial charge in [0.2, 0.25) is 5.91 Å². The highest BCUT2D eigenvalue weighted by atomic mass is 16.2. The van der Waals surface area contributed by atoms with Crippen molar-refractivity contribution in [2.45, 2.75) is 52.0 Å². The van der Waals surface area contributed by atoms with Crippen LogP contribution in [-0.2, 0) is 10.2 Å². The fraction of sp³-hybridized carbons (Fsp3) is 0.611. The Morgan fingerprint density at radius 2 is 1.76 bits per heavy atom. The van der Waals surface area contributed by atoms with Gasteiger partial charge in [-0.25, -0.2) is 0 Å². The average Bonchev–Trinajstić information content (AvgIpc) is 2.98. The highest BCUT2D eigenvalue weighted by Gasteiger charge is 2.18. The Balaban J connectivity index is 1.88. The number of carbonyl (C=O) groups is 1. The van der Waals surface area contributed by atoms with E-state index in [2.05, 4.69) is 57.3 Å². The lowest BCUT2D eigenvalue weighted by atomic mass is 9.86. The van der Waals surface area contributed by atoms with E-state index in [0.29, 0.717) is 6.54 Å². The molecule has 1 aromatic rings. The number of rotatable bonds is 4. The summed E-state index contributed by atoms with van der Waals surface area (Å²) in [6.07, 6.45) is 2.30. The topological polar surface area (TPSA) is 32.3 Å². The number of nitrogens with zero attached hydrogens (tertiary/aromatic N) is 1. The Hall–Kier alpha value is -1.35. The van der Waals surface area contributed by atoms with Crippen LogP contribution >= 0.6 is 0 Å². The zero-order valence-electron chi connectivity index (χ0n) is 13.8. The lowest BCUT2D eigenvalue weighted by Gasteiger charge is -2.21. The van der Waals surface area contributed by atoms with Crippen LogP contribution in [0.4, 0.5) is 0 Å². The van der Waals surface area contributed by atoms with Gasteiger partial charge in [0.25, 0.3) is 0 Å². The number of hydrogen-bond acceptors (Lipinski definition) is 2. The lowest BCUT2D eigenvalue weighted by molar-refractivity contribution is -0.129. The molecule has 1 N–H and O–H groups in total. The molecule has 1 heterocycles. The Morgan fingerprint density at radius 1 is 1.19 bits per heavy atom. The number of nitrogens with one attached hydrogen (secondary N) is 1. The molecule has 0 aromatic heterocycles. The second-order valence-corrected chi connectivity index (χ2v) is 7.06. The fourth-order valence-electron chi connectivity index (χ4n) is 2.71. The van der Waals surface area contributed by atoms with E-state index in [-0.39, 0.29) is 17.4 Å². The van der Waals surface area contributed by atoms with Gasteiger partial charge in [-0.2, -0.15) is 0 Å². The van der Waals surface area contributed by atoms with Crippen LogP contribution in [0.15, 0.2) is 24.3 Å². The maximum atomic E-state index is 12.0. The van der Waals surface area contributed by atoms with Crippen LogP contribution in [0.2, 0.25) is 0 Å². The summed E-state index contributed by atoms with van der Waals surface area (Å²) in [5.74, 6) is 0.227. The van der Waals surface area contributed by atoms with Crippen LogP contribution < -0.4 is 5.32 Å². The lowest BCUT2D eigenvalue weighted by Crippen LogP contribution is -2.37. The largest absolute Gasteiger partial charge is 0.342 e. The highest BCUT2D eigenvalue weighted by molar-refractivity contribution is 5.78. The maximum Gasteiger partial charge on any atom is 0.236 e. The van der Waals surface area contributed by atoms with E-state index in [0.717, 1.165) is 25.9 Å². The van der Waals surface area contributed by atoms with Gasteiger partial charge in [0.05, 0.1) is 6.54 Å². The van der Waals surface area contributed by atoms with Gasteiger partial charge >= 0.3 is 0 Å². The first-order chi connectivity index (χ1) is 9.88. The van der Waals surface area contributed by atoms with Crippen molar-refractivity contribution in [2.75, 3.05) is 19.6 Å². The molecule has 116 valence electrons. The van der Waals surface area contributed by atoms with Crippen molar-refractivity contribution in [3.63, 3.8) is 0 Å². The molecule has 1 fully saturated rings. The summed E-state index contributed by atoms with van der Waals surface area (Å²) >= 11 is 0. The Kier molecular flexibility index (Phi) is 5.04. The SMILES string of the molecule is CC(NCC(=O)N1CCCC1)c1ccc(C(C)(C)C)cc1. The smallest absolute Gasteiger partial charge is 0.236 e. The van der Waals surface area contributed by atoms with Crippen molar-refractivity contribution in [1.82, 2.24) is 10.2 Å². The molecule has 0 bridgehead atoms. The van der Waals surface area contributed by atoms with Crippen molar-refractivity contribution in [1.29, 1.82) is 0 Å². The molecule has 0 aliphatic carbocycles. The number of amides is 1. The molecule has 2 rings (SSSR count). The predicted molar refractivity (Wildman–Crippen MR) is 87.4 cm³/mol. The van der Waals surface area contributed by atoms with E-state index in [1.165, 1.54) is 11.1 Å². The second-order valence-electron chi connectivity index (χ2n) is 7.06. The maximum absolute atomic E-state index is 12.0. The van der Waals surface area contributed by atoms with Crippen LogP contribution in [0.5, 0.6) is 0 Å². The van der Waals surface area contributed by atoms with Gasteiger partial charge in [0.15, 0.2) is 0 Å². The van der Waals surface area contributed by atoms with Gasteiger partial charge in [-0.05, 0) is 36.3 Å². The van der Waals surface area contributed by atoms with Gasteiger partial charge in [-0.1, -0.05) is 45.0 Å². The molecule has 0 saturated carbocycles. The summed E-state index contributed by atoms with van der Waals surface area (Å²) in [6.45, 7) is 11.1. The number of benzene rings is 1. The Morgan fingerprint density at radius 3 is 2.29 bits per heavy atom. The molecule has 3 nitrogen and oxygen atoms in total. The van der Waals surface area contributed by atoms with Crippen LogP contribution in [0, 0.1) is 0 Å². The molecule has 1 saturated heterocycles. The van der Waals surface area contributed by atoms with Crippen molar-refractivity contribution >= 4 is 5.91 Å². The first kappa shape index (κ1) is 16.0. The number of carbonyl (C=O) groups excluding carboxylic acids is 1. The first-order valence-electron chi connectivity index (χ1n) is 7.99. The zero-order chi connectivity index (χ0) is 15.5. The third-order valence-corrected chi connectivity index (χ3v) is 4.29. The van der Waals surface area contributed by atoms with Crippen LogP contribution in [0.3, 0.4) is 0 Å². The molecule has 1 atom stereocenters. The minimum Gasteiger partial charge on any atom is -0.342 e. The van der Waals surface area contributed by atoms with Gasteiger partial charge in [0, 0.05) is 19.1 Å². The standard InChI is InChI=1S/C18H28N2O/c1-14(19-13-17(21)20-11-5-6-12-20)15-7-9-16(10-8-15)18(2,3)4/h7-10,14,19H,5-6,11-13H2,1-4H3. The van der Waals surface area contributed by atoms with Gasteiger partial charge in [-0.3, -0.25) is 4.79 Å². The summed E-state index contributed by atoms with van der Waals surface area (Å²) in [4.78, 5) is 14.0. The van der Waals surface area contributed by atoms with Crippen LogP contribution in [-0.4, -0.2) is 30.4 Å². The van der Waals surface area contributed by atoms with Gasteiger partial charge in [0.1, 0.15) is 0 Å². The minimum absolute atomic E-state index is 0.181. The fourth-order valence-corrected chi connectivity index (χ4v) is 2.71. The van der Waals surface area contributed by atoms with E-state index in [9.17, 15) is 4.79 Å². The van der Waals surface area contributed by atoms with E-state index in [4.69, 9.17) is 0 Å². The van der Waals surface area contributed by atoms with Crippen molar-refractivity contribution < 1.29 is 4.79 Å². The molecular formula is C18H28N2O. The monoisotopic (exact) mass is 288 g/mol. The molecule has 1 aromatic carbocycles. The van der Waals surface area contributed by atoms with Crippen molar-refractivity contribution in [2.24, 2.45) is 0 Å². The van der Waals surface area contributed by atoms with E-state index in [1.807, 2.05) is 4.90 Å². The third kappa shape index (κ3) is 4.31. The number of likely N-dealkylation sites (tertiary alicyclic amines) is 1. The Labute approximate surface area is 128 Å². The van der Waals surface area contributed by atoms with Crippen LogP contribution in [0.1, 0.15) is 57.7 Å². The molecule has 0 spiro atoms. The molecule has 0 radical (unpaired) electrons. The summed E-state index contributed by atoms with van der Waals surface area (Å²) in [6, 6.07) is 8.91. The molecule has 1 unspecified atom stereocenters. The van der Waals surface area contributed by atoms with Crippen LogP contribution in [0.25, 0.3) is 0 Å². The van der Waals surface area contributed by atoms with Crippen molar-refractivity contribution in [3.05, 3.63) is 35.4 Å². The van der Waals surface area contributed by atoms with E-state index >= 15 is 0 Å². The minimum atomic E-state index is 0.181. The van der Waals surface area contributed by atoms with Gasteiger partial charge < -0.3 is 10.2 Å². The second kappa shape index (κ2) is 6.61.